The number of benzene rings is 2. The molecule has 2 aromatic carbocycles. The molecule has 4 rings (SSSR count). The van der Waals surface area contributed by atoms with Crippen molar-refractivity contribution in [1.82, 2.24) is 4.72 Å². The minimum atomic E-state index is -3.60. The van der Waals surface area contributed by atoms with Gasteiger partial charge in [-0.1, -0.05) is 42.8 Å². The molecule has 2 fully saturated rings. The Balaban J connectivity index is 1.47. The monoisotopic (exact) mass is 361 g/mol. The molecular weight excluding hydrogens is 338 g/mol. The fourth-order valence-electron chi connectivity index (χ4n) is 3.78. The topological polar surface area (TPSA) is 64.6 Å². The summed E-state index contributed by atoms with van der Waals surface area (Å²) in [4.78, 5) is 0.303. The number of sulfonamides is 1. The quantitative estimate of drug-likeness (QED) is 0.908. The summed E-state index contributed by atoms with van der Waals surface area (Å²) < 4.78 is 40.2. The Morgan fingerprint density at radius 2 is 1.80 bits per heavy atom. The third-order valence-electron chi connectivity index (χ3n) is 5.07. The number of hydrogen-bond acceptors (Lipinski definition) is 4. The van der Waals surface area contributed by atoms with E-state index in [1.807, 2.05) is 30.3 Å². The highest BCUT2D eigenvalue weighted by Gasteiger charge is 2.42. The lowest BCUT2D eigenvalue weighted by Crippen LogP contribution is -2.37. The predicted octanol–water partition coefficient (Wildman–Crippen LogP) is 3.19. The van der Waals surface area contributed by atoms with E-state index in [1.54, 1.807) is 12.1 Å². The highest BCUT2D eigenvalue weighted by molar-refractivity contribution is 7.89. The van der Waals surface area contributed by atoms with Crippen molar-refractivity contribution in [3.05, 3.63) is 42.5 Å². The molecular formula is C19H23NO4S. The van der Waals surface area contributed by atoms with Gasteiger partial charge >= 0.3 is 0 Å². The van der Waals surface area contributed by atoms with Crippen molar-refractivity contribution in [1.29, 1.82) is 0 Å². The first-order valence-corrected chi connectivity index (χ1v) is 10.4. The van der Waals surface area contributed by atoms with Gasteiger partial charge in [-0.25, -0.2) is 13.1 Å². The van der Waals surface area contributed by atoms with Crippen molar-refractivity contribution in [2.24, 2.45) is 0 Å². The highest BCUT2D eigenvalue weighted by Crippen LogP contribution is 2.37. The van der Waals surface area contributed by atoms with E-state index in [-0.39, 0.29) is 12.6 Å². The molecule has 1 atom stereocenters. The van der Waals surface area contributed by atoms with Crippen molar-refractivity contribution in [2.45, 2.75) is 48.9 Å². The van der Waals surface area contributed by atoms with Gasteiger partial charge in [-0.05, 0) is 24.3 Å². The van der Waals surface area contributed by atoms with Crippen molar-refractivity contribution < 1.29 is 17.9 Å². The van der Waals surface area contributed by atoms with Gasteiger partial charge in [-0.3, -0.25) is 0 Å². The fourth-order valence-corrected chi connectivity index (χ4v) is 5.07. The summed E-state index contributed by atoms with van der Waals surface area (Å²) in [7, 11) is -3.60. The zero-order chi connectivity index (χ0) is 17.3. The van der Waals surface area contributed by atoms with Crippen LogP contribution in [-0.2, 0) is 19.5 Å². The summed E-state index contributed by atoms with van der Waals surface area (Å²) in [5, 5.41) is 1.64. The number of nitrogens with one attached hydrogen (secondary N) is 1. The lowest BCUT2D eigenvalue weighted by Gasteiger charge is -2.31. The first-order valence-electron chi connectivity index (χ1n) is 8.87. The van der Waals surface area contributed by atoms with Crippen molar-refractivity contribution in [3.8, 4) is 0 Å². The Hall–Kier alpha value is -1.47. The van der Waals surface area contributed by atoms with Crippen LogP contribution in [0.15, 0.2) is 47.4 Å². The molecule has 0 bridgehead atoms. The van der Waals surface area contributed by atoms with Crippen LogP contribution in [0.25, 0.3) is 10.8 Å². The van der Waals surface area contributed by atoms with E-state index in [9.17, 15) is 8.42 Å². The van der Waals surface area contributed by atoms with Crippen molar-refractivity contribution in [3.63, 3.8) is 0 Å². The predicted molar refractivity (Wildman–Crippen MR) is 95.8 cm³/mol. The lowest BCUT2D eigenvalue weighted by atomic mass is 9.94. The van der Waals surface area contributed by atoms with Crippen LogP contribution < -0.4 is 4.72 Å². The standard InChI is InChI=1S/C19H23NO4S/c21-25(22,18-10-6-8-15-7-2-3-9-17(15)18)20-13-16-14-23-19(24-16)11-4-1-5-12-19/h2-3,6-10,16,20H,1,4-5,11-14H2/t16-/m0/s1. The lowest BCUT2D eigenvalue weighted by molar-refractivity contribution is -0.186. The molecule has 1 spiro atoms. The Bertz CT molecular complexity index is 853. The van der Waals surface area contributed by atoms with Gasteiger partial charge in [0.25, 0.3) is 0 Å². The van der Waals surface area contributed by atoms with Crippen LogP contribution in [0.3, 0.4) is 0 Å². The van der Waals surface area contributed by atoms with Crippen LogP contribution in [0.2, 0.25) is 0 Å². The number of fused-ring (bicyclic) bond motifs is 1. The van der Waals surface area contributed by atoms with Gasteiger partial charge < -0.3 is 9.47 Å². The second-order valence-electron chi connectivity index (χ2n) is 6.85. The SMILES string of the molecule is O=S(=O)(NC[C@H]1COC2(CCCCC2)O1)c1cccc2ccccc12. The number of ether oxygens (including phenoxy) is 2. The molecule has 1 N–H and O–H groups in total. The van der Waals surface area contributed by atoms with Crippen LogP contribution in [-0.4, -0.2) is 33.5 Å². The minimum Gasteiger partial charge on any atom is -0.347 e. The van der Waals surface area contributed by atoms with E-state index in [2.05, 4.69) is 4.72 Å². The zero-order valence-corrected chi connectivity index (χ0v) is 14.9. The molecule has 1 aliphatic heterocycles. The number of rotatable bonds is 4. The smallest absolute Gasteiger partial charge is 0.241 e. The van der Waals surface area contributed by atoms with Gasteiger partial charge in [0.2, 0.25) is 10.0 Å². The molecule has 0 unspecified atom stereocenters. The van der Waals surface area contributed by atoms with Gasteiger partial charge in [-0.2, -0.15) is 0 Å². The average Bonchev–Trinajstić information content (AvgIpc) is 3.02. The molecule has 0 radical (unpaired) electrons. The molecule has 2 aromatic rings. The summed E-state index contributed by atoms with van der Waals surface area (Å²) in [5.74, 6) is -0.478. The first-order chi connectivity index (χ1) is 12.1. The summed E-state index contributed by atoms with van der Waals surface area (Å²) in [6, 6.07) is 12.8. The molecule has 134 valence electrons. The van der Waals surface area contributed by atoms with E-state index in [0.29, 0.717) is 11.5 Å². The van der Waals surface area contributed by atoms with E-state index >= 15 is 0 Å². The van der Waals surface area contributed by atoms with Gasteiger partial charge in [0, 0.05) is 24.8 Å². The van der Waals surface area contributed by atoms with Gasteiger partial charge in [0.1, 0.15) is 0 Å². The molecule has 5 nitrogen and oxygen atoms in total. The molecule has 1 saturated carbocycles. The molecule has 6 heteroatoms. The second-order valence-corrected chi connectivity index (χ2v) is 8.59. The van der Waals surface area contributed by atoms with Gasteiger partial charge in [0.15, 0.2) is 5.79 Å². The van der Waals surface area contributed by atoms with Crippen LogP contribution in [0.1, 0.15) is 32.1 Å². The summed E-state index contributed by atoms with van der Waals surface area (Å²) in [5.41, 5.74) is 0. The zero-order valence-electron chi connectivity index (χ0n) is 14.1. The minimum absolute atomic E-state index is 0.229. The summed E-state index contributed by atoms with van der Waals surface area (Å²) in [6.07, 6.45) is 5.00. The first kappa shape index (κ1) is 17.0. The van der Waals surface area contributed by atoms with Crippen LogP contribution >= 0.6 is 0 Å². The maximum Gasteiger partial charge on any atom is 0.241 e. The van der Waals surface area contributed by atoms with E-state index < -0.39 is 15.8 Å². The van der Waals surface area contributed by atoms with E-state index in [0.717, 1.165) is 36.5 Å². The average molecular weight is 361 g/mol. The molecule has 25 heavy (non-hydrogen) atoms. The third-order valence-corrected chi connectivity index (χ3v) is 6.55. The van der Waals surface area contributed by atoms with Gasteiger partial charge in [-0.15, -0.1) is 0 Å². The van der Waals surface area contributed by atoms with Crippen molar-refractivity contribution in [2.75, 3.05) is 13.2 Å². The molecule has 1 saturated heterocycles. The number of hydrogen-bond donors (Lipinski definition) is 1. The Morgan fingerprint density at radius 1 is 1.04 bits per heavy atom. The Morgan fingerprint density at radius 3 is 2.64 bits per heavy atom. The van der Waals surface area contributed by atoms with Crippen LogP contribution in [0, 0.1) is 0 Å². The molecule has 0 aromatic heterocycles. The molecule has 2 aliphatic rings. The normalized spacial score (nSPS) is 23.3. The molecule has 1 aliphatic carbocycles. The van der Waals surface area contributed by atoms with Crippen molar-refractivity contribution >= 4 is 20.8 Å². The fraction of sp³-hybridized carbons (Fsp3) is 0.474. The molecule has 0 amide bonds. The second kappa shape index (κ2) is 6.68. The molecule has 1 heterocycles. The largest absolute Gasteiger partial charge is 0.347 e. The maximum atomic E-state index is 12.8. The van der Waals surface area contributed by atoms with Gasteiger partial charge in [0.05, 0.1) is 17.6 Å². The Kier molecular flexibility index (Phi) is 4.54. The van der Waals surface area contributed by atoms with Crippen LogP contribution in [0.5, 0.6) is 0 Å². The summed E-state index contributed by atoms with van der Waals surface area (Å²) in [6.45, 7) is 0.672. The third kappa shape index (κ3) is 3.44. The van der Waals surface area contributed by atoms with E-state index in [1.165, 1.54) is 6.42 Å². The maximum absolute atomic E-state index is 12.8. The van der Waals surface area contributed by atoms with Crippen LogP contribution in [0.4, 0.5) is 0 Å². The summed E-state index contributed by atoms with van der Waals surface area (Å²) >= 11 is 0. The Labute approximate surface area is 148 Å². The highest BCUT2D eigenvalue weighted by atomic mass is 32.2. The van der Waals surface area contributed by atoms with E-state index in [4.69, 9.17) is 9.47 Å².